The van der Waals surface area contributed by atoms with E-state index in [0.29, 0.717) is 0 Å². The van der Waals surface area contributed by atoms with Crippen molar-refractivity contribution in [1.82, 2.24) is 4.57 Å². The molecule has 0 aliphatic carbocycles. The van der Waals surface area contributed by atoms with Gasteiger partial charge in [0.25, 0.3) is 0 Å². The number of halogens is 1. The van der Waals surface area contributed by atoms with Crippen LogP contribution in [-0.2, 0) is 0 Å². The van der Waals surface area contributed by atoms with Gasteiger partial charge in [0, 0.05) is 21.5 Å². The van der Waals surface area contributed by atoms with E-state index in [4.69, 9.17) is 5.73 Å². The molecular formula is C12H13BrN2. The van der Waals surface area contributed by atoms with E-state index < -0.39 is 0 Å². The van der Waals surface area contributed by atoms with Gasteiger partial charge < -0.3 is 10.3 Å². The zero-order valence-corrected chi connectivity index (χ0v) is 10.4. The summed E-state index contributed by atoms with van der Waals surface area (Å²) in [7, 11) is 0. The molecule has 0 unspecified atom stereocenters. The van der Waals surface area contributed by atoms with E-state index in [0.717, 1.165) is 15.8 Å². The van der Waals surface area contributed by atoms with Crippen LogP contribution < -0.4 is 5.73 Å². The van der Waals surface area contributed by atoms with E-state index in [1.807, 2.05) is 18.2 Å². The summed E-state index contributed by atoms with van der Waals surface area (Å²) in [5.74, 6) is 0. The lowest BCUT2D eigenvalue weighted by Crippen LogP contribution is -2.00. The fourth-order valence-electron chi connectivity index (χ4n) is 1.75. The Morgan fingerprint density at radius 3 is 2.20 bits per heavy atom. The summed E-state index contributed by atoms with van der Waals surface area (Å²) in [6.07, 6.45) is 0. The van der Waals surface area contributed by atoms with Crippen LogP contribution in [0.1, 0.15) is 11.4 Å². The number of benzene rings is 1. The molecule has 1 aromatic carbocycles. The van der Waals surface area contributed by atoms with Crippen molar-refractivity contribution in [3.8, 4) is 5.69 Å². The molecule has 15 heavy (non-hydrogen) atoms. The topological polar surface area (TPSA) is 30.9 Å². The zero-order valence-electron chi connectivity index (χ0n) is 8.79. The summed E-state index contributed by atoms with van der Waals surface area (Å²) in [5.41, 5.74) is 10.1. The van der Waals surface area contributed by atoms with E-state index in [9.17, 15) is 0 Å². The third kappa shape index (κ3) is 1.79. The standard InChI is InChI=1S/C12H13BrN2/c1-8-3-4-9(2)15(8)12-6-5-10(14)7-11(12)13/h3-7H,14H2,1-2H3. The molecule has 2 N–H and O–H groups in total. The maximum absolute atomic E-state index is 5.72. The number of anilines is 1. The predicted octanol–water partition coefficient (Wildman–Crippen LogP) is 3.44. The van der Waals surface area contributed by atoms with Gasteiger partial charge in [-0.3, -0.25) is 0 Å². The van der Waals surface area contributed by atoms with Gasteiger partial charge in [0.05, 0.1) is 5.69 Å². The van der Waals surface area contributed by atoms with E-state index >= 15 is 0 Å². The van der Waals surface area contributed by atoms with Crippen LogP contribution in [0.2, 0.25) is 0 Å². The van der Waals surface area contributed by atoms with Crippen molar-refractivity contribution in [1.29, 1.82) is 0 Å². The third-order valence-corrected chi connectivity index (χ3v) is 3.12. The normalized spacial score (nSPS) is 10.6. The minimum absolute atomic E-state index is 0.771. The highest BCUT2D eigenvalue weighted by molar-refractivity contribution is 9.10. The molecule has 0 spiro atoms. The maximum Gasteiger partial charge on any atom is 0.0598 e. The van der Waals surface area contributed by atoms with Crippen molar-refractivity contribution in [2.24, 2.45) is 0 Å². The Balaban J connectivity index is 2.64. The van der Waals surface area contributed by atoms with Crippen molar-refractivity contribution in [2.75, 3.05) is 5.73 Å². The lowest BCUT2D eigenvalue weighted by molar-refractivity contribution is 0.961. The monoisotopic (exact) mass is 264 g/mol. The van der Waals surface area contributed by atoms with Crippen molar-refractivity contribution in [3.63, 3.8) is 0 Å². The SMILES string of the molecule is Cc1ccc(C)n1-c1ccc(N)cc1Br. The van der Waals surface area contributed by atoms with Crippen LogP contribution >= 0.6 is 15.9 Å². The van der Waals surface area contributed by atoms with Crippen LogP contribution in [0.15, 0.2) is 34.8 Å². The highest BCUT2D eigenvalue weighted by Crippen LogP contribution is 2.26. The molecule has 2 aromatic rings. The van der Waals surface area contributed by atoms with E-state index in [-0.39, 0.29) is 0 Å². The van der Waals surface area contributed by atoms with Gasteiger partial charge in [-0.2, -0.15) is 0 Å². The molecular weight excluding hydrogens is 252 g/mol. The summed E-state index contributed by atoms with van der Waals surface area (Å²) in [6.45, 7) is 4.19. The molecule has 0 saturated heterocycles. The predicted molar refractivity (Wildman–Crippen MR) is 67.4 cm³/mol. The van der Waals surface area contributed by atoms with Crippen LogP contribution in [0.4, 0.5) is 5.69 Å². The number of nitrogens with two attached hydrogens (primary N) is 1. The lowest BCUT2D eigenvalue weighted by atomic mass is 10.2. The summed E-state index contributed by atoms with van der Waals surface area (Å²) in [5, 5.41) is 0. The maximum atomic E-state index is 5.72. The second-order valence-electron chi connectivity index (χ2n) is 3.66. The molecule has 0 fully saturated rings. The van der Waals surface area contributed by atoms with E-state index in [1.54, 1.807) is 0 Å². The molecule has 0 atom stereocenters. The Morgan fingerprint density at radius 1 is 1.07 bits per heavy atom. The fraction of sp³-hybridized carbons (Fsp3) is 0.167. The molecule has 3 heteroatoms. The first-order chi connectivity index (χ1) is 7.09. The molecule has 78 valence electrons. The smallest absolute Gasteiger partial charge is 0.0598 e. The molecule has 2 rings (SSSR count). The molecule has 0 aliphatic rings. The van der Waals surface area contributed by atoms with Crippen molar-refractivity contribution in [3.05, 3.63) is 46.2 Å². The molecule has 1 aromatic heterocycles. The van der Waals surface area contributed by atoms with Crippen molar-refractivity contribution in [2.45, 2.75) is 13.8 Å². The van der Waals surface area contributed by atoms with Crippen LogP contribution in [0.25, 0.3) is 5.69 Å². The molecule has 1 heterocycles. The molecule has 0 radical (unpaired) electrons. The number of aromatic nitrogens is 1. The van der Waals surface area contributed by atoms with Crippen LogP contribution in [-0.4, -0.2) is 4.57 Å². The van der Waals surface area contributed by atoms with Gasteiger partial charge in [-0.1, -0.05) is 0 Å². The number of rotatable bonds is 1. The first-order valence-corrected chi connectivity index (χ1v) is 5.59. The summed E-state index contributed by atoms with van der Waals surface area (Å²) in [4.78, 5) is 0. The number of nitrogen functional groups attached to an aromatic ring is 1. The van der Waals surface area contributed by atoms with E-state index in [1.165, 1.54) is 11.4 Å². The summed E-state index contributed by atoms with van der Waals surface area (Å²) in [6, 6.07) is 10.1. The molecule has 2 nitrogen and oxygen atoms in total. The van der Waals surface area contributed by atoms with Crippen molar-refractivity contribution >= 4 is 21.6 Å². The third-order valence-electron chi connectivity index (χ3n) is 2.48. The zero-order chi connectivity index (χ0) is 11.0. The van der Waals surface area contributed by atoms with Gasteiger partial charge in [0.1, 0.15) is 0 Å². The van der Waals surface area contributed by atoms with Gasteiger partial charge in [0.15, 0.2) is 0 Å². The van der Waals surface area contributed by atoms with Gasteiger partial charge in [0.2, 0.25) is 0 Å². The van der Waals surface area contributed by atoms with E-state index in [2.05, 4.69) is 46.5 Å². The molecule has 0 saturated carbocycles. The Hall–Kier alpha value is -1.22. The molecule has 0 amide bonds. The second kappa shape index (κ2) is 3.74. The average Bonchev–Trinajstić information content (AvgIpc) is 2.48. The van der Waals surface area contributed by atoms with Gasteiger partial charge >= 0.3 is 0 Å². The van der Waals surface area contributed by atoms with Crippen LogP contribution in [0.3, 0.4) is 0 Å². The first kappa shape index (κ1) is 10.3. The Kier molecular flexibility index (Phi) is 2.57. The number of nitrogens with zero attached hydrogens (tertiary/aromatic N) is 1. The fourth-order valence-corrected chi connectivity index (χ4v) is 2.33. The Morgan fingerprint density at radius 2 is 1.67 bits per heavy atom. The number of hydrogen-bond donors (Lipinski definition) is 1. The van der Waals surface area contributed by atoms with Crippen molar-refractivity contribution < 1.29 is 0 Å². The minimum Gasteiger partial charge on any atom is -0.399 e. The molecule has 0 aliphatic heterocycles. The average molecular weight is 265 g/mol. The van der Waals surface area contributed by atoms with Crippen LogP contribution in [0, 0.1) is 13.8 Å². The molecule has 0 bridgehead atoms. The van der Waals surface area contributed by atoms with Crippen LogP contribution in [0.5, 0.6) is 0 Å². The summed E-state index contributed by atoms with van der Waals surface area (Å²) >= 11 is 3.54. The highest BCUT2D eigenvalue weighted by atomic mass is 79.9. The second-order valence-corrected chi connectivity index (χ2v) is 4.52. The Labute approximate surface area is 97.8 Å². The minimum atomic E-state index is 0.771. The highest BCUT2D eigenvalue weighted by Gasteiger charge is 2.07. The summed E-state index contributed by atoms with van der Waals surface area (Å²) < 4.78 is 3.22. The van der Waals surface area contributed by atoms with Gasteiger partial charge in [-0.25, -0.2) is 0 Å². The lowest BCUT2D eigenvalue weighted by Gasteiger charge is -2.11. The quantitative estimate of drug-likeness (QED) is 0.787. The van der Waals surface area contributed by atoms with Gasteiger partial charge in [-0.15, -0.1) is 0 Å². The van der Waals surface area contributed by atoms with Gasteiger partial charge in [-0.05, 0) is 60.1 Å². The number of hydrogen-bond acceptors (Lipinski definition) is 1. The Bertz CT molecular complexity index is 481. The first-order valence-electron chi connectivity index (χ1n) is 4.80. The number of aryl methyl sites for hydroxylation is 2. The largest absolute Gasteiger partial charge is 0.399 e.